The van der Waals surface area contributed by atoms with Gasteiger partial charge in [0.25, 0.3) is 5.69 Å². The Morgan fingerprint density at radius 3 is 2.83 bits per heavy atom. The molecule has 1 atom stereocenters. The lowest BCUT2D eigenvalue weighted by Crippen LogP contribution is -2.43. The first kappa shape index (κ1) is 15.2. The van der Waals surface area contributed by atoms with Gasteiger partial charge in [0, 0.05) is 38.2 Å². The van der Waals surface area contributed by atoms with Crippen LogP contribution in [0, 0.1) is 10.1 Å². The van der Waals surface area contributed by atoms with Crippen LogP contribution in [0.25, 0.3) is 10.9 Å². The quantitative estimate of drug-likeness (QED) is 0.641. The predicted octanol–water partition coefficient (Wildman–Crippen LogP) is 2.20. The van der Waals surface area contributed by atoms with Gasteiger partial charge in [0.2, 0.25) is 5.91 Å². The summed E-state index contributed by atoms with van der Waals surface area (Å²) < 4.78 is 0. The zero-order valence-corrected chi connectivity index (χ0v) is 13.1. The predicted molar refractivity (Wildman–Crippen MR) is 87.5 cm³/mol. The average Bonchev–Trinajstić information content (AvgIpc) is 3.02. The summed E-state index contributed by atoms with van der Waals surface area (Å²) in [5.74, 6) is 0.817. The SMILES string of the molecule is CN(C)C(=O)C1CCCN1c1ccc2cc([N+](=O)[O-])ccc2n1. The van der Waals surface area contributed by atoms with E-state index in [0.29, 0.717) is 5.52 Å². The third-order valence-corrected chi connectivity index (χ3v) is 4.14. The number of nitrogens with zero attached hydrogens (tertiary/aromatic N) is 4. The Hall–Kier alpha value is -2.70. The molecule has 1 aromatic carbocycles. The number of carbonyl (C=O) groups is 1. The summed E-state index contributed by atoms with van der Waals surface area (Å²) in [7, 11) is 3.51. The number of fused-ring (bicyclic) bond motifs is 1. The highest BCUT2D eigenvalue weighted by Gasteiger charge is 2.32. The summed E-state index contributed by atoms with van der Waals surface area (Å²) in [6, 6.07) is 8.07. The molecule has 120 valence electrons. The summed E-state index contributed by atoms with van der Waals surface area (Å²) >= 11 is 0. The molecule has 1 unspecified atom stereocenters. The number of non-ortho nitro benzene ring substituents is 1. The molecule has 1 aliphatic rings. The van der Waals surface area contributed by atoms with Crippen molar-refractivity contribution >= 4 is 28.3 Å². The van der Waals surface area contributed by atoms with Gasteiger partial charge in [0.05, 0.1) is 10.4 Å². The molecular formula is C16H18N4O3. The summed E-state index contributed by atoms with van der Waals surface area (Å²) in [4.78, 5) is 30.9. The molecule has 7 heteroatoms. The van der Waals surface area contributed by atoms with Crippen molar-refractivity contribution in [2.24, 2.45) is 0 Å². The maximum atomic E-state index is 12.3. The van der Waals surface area contributed by atoms with E-state index in [2.05, 4.69) is 4.98 Å². The van der Waals surface area contributed by atoms with E-state index >= 15 is 0 Å². The van der Waals surface area contributed by atoms with Crippen molar-refractivity contribution in [3.05, 3.63) is 40.4 Å². The lowest BCUT2D eigenvalue weighted by Gasteiger charge is -2.27. The van der Waals surface area contributed by atoms with Gasteiger partial charge in [-0.25, -0.2) is 4.98 Å². The van der Waals surface area contributed by atoms with Gasteiger partial charge in [0.15, 0.2) is 0 Å². The third-order valence-electron chi connectivity index (χ3n) is 4.14. The molecule has 0 radical (unpaired) electrons. The number of hydrogen-bond donors (Lipinski definition) is 0. The highest BCUT2D eigenvalue weighted by atomic mass is 16.6. The number of carbonyl (C=O) groups excluding carboxylic acids is 1. The van der Waals surface area contributed by atoms with Crippen molar-refractivity contribution in [2.45, 2.75) is 18.9 Å². The van der Waals surface area contributed by atoms with Gasteiger partial charge >= 0.3 is 0 Å². The minimum atomic E-state index is -0.417. The number of nitro groups is 1. The van der Waals surface area contributed by atoms with Gasteiger partial charge in [-0.15, -0.1) is 0 Å². The Morgan fingerprint density at radius 1 is 1.35 bits per heavy atom. The normalized spacial score (nSPS) is 17.5. The van der Waals surface area contributed by atoms with Crippen molar-refractivity contribution in [2.75, 3.05) is 25.5 Å². The van der Waals surface area contributed by atoms with Gasteiger partial charge in [-0.05, 0) is 31.0 Å². The van der Waals surface area contributed by atoms with E-state index in [1.807, 2.05) is 17.0 Å². The minimum Gasteiger partial charge on any atom is -0.347 e. The molecular weight excluding hydrogens is 296 g/mol. The van der Waals surface area contributed by atoms with Crippen LogP contribution < -0.4 is 4.90 Å². The fraction of sp³-hybridized carbons (Fsp3) is 0.375. The van der Waals surface area contributed by atoms with Crippen LogP contribution in [0.15, 0.2) is 30.3 Å². The largest absolute Gasteiger partial charge is 0.347 e. The maximum Gasteiger partial charge on any atom is 0.270 e. The van der Waals surface area contributed by atoms with Crippen LogP contribution in [0.2, 0.25) is 0 Å². The molecule has 7 nitrogen and oxygen atoms in total. The lowest BCUT2D eigenvalue weighted by molar-refractivity contribution is -0.384. The third kappa shape index (κ3) is 2.81. The van der Waals surface area contributed by atoms with Crippen LogP contribution in [-0.4, -0.2) is 47.4 Å². The van der Waals surface area contributed by atoms with E-state index in [1.54, 1.807) is 25.1 Å². The molecule has 1 aliphatic heterocycles. The number of amides is 1. The second-order valence-corrected chi connectivity index (χ2v) is 5.89. The fourth-order valence-electron chi connectivity index (χ4n) is 2.97. The molecule has 1 amide bonds. The van der Waals surface area contributed by atoms with Crippen LogP contribution in [0.4, 0.5) is 11.5 Å². The Balaban J connectivity index is 1.95. The van der Waals surface area contributed by atoms with Crippen molar-refractivity contribution in [3.63, 3.8) is 0 Å². The Bertz CT molecular complexity index is 775. The van der Waals surface area contributed by atoms with E-state index in [0.717, 1.165) is 30.6 Å². The van der Waals surface area contributed by atoms with Gasteiger partial charge in [-0.1, -0.05) is 0 Å². The Kier molecular flexibility index (Phi) is 3.85. The van der Waals surface area contributed by atoms with Crippen molar-refractivity contribution in [1.29, 1.82) is 0 Å². The number of anilines is 1. The van der Waals surface area contributed by atoms with Gasteiger partial charge in [0.1, 0.15) is 11.9 Å². The molecule has 0 N–H and O–H groups in total. The highest BCUT2D eigenvalue weighted by Crippen LogP contribution is 2.28. The van der Waals surface area contributed by atoms with Gasteiger partial charge in [-0.2, -0.15) is 0 Å². The first-order chi connectivity index (χ1) is 11.0. The van der Waals surface area contributed by atoms with Gasteiger partial charge in [-0.3, -0.25) is 14.9 Å². The molecule has 2 aromatic rings. The number of pyridine rings is 1. The average molecular weight is 314 g/mol. The summed E-state index contributed by atoms with van der Waals surface area (Å²) in [6.07, 6.45) is 1.77. The molecule has 0 saturated carbocycles. The van der Waals surface area contributed by atoms with E-state index in [4.69, 9.17) is 0 Å². The monoisotopic (exact) mass is 314 g/mol. The molecule has 2 heterocycles. The number of nitro benzene ring substituents is 1. The molecule has 1 fully saturated rings. The number of benzene rings is 1. The number of rotatable bonds is 3. The highest BCUT2D eigenvalue weighted by molar-refractivity contribution is 5.87. The van der Waals surface area contributed by atoms with Crippen molar-refractivity contribution in [1.82, 2.24) is 9.88 Å². The Morgan fingerprint density at radius 2 is 2.13 bits per heavy atom. The number of likely N-dealkylation sites (N-methyl/N-ethyl adjacent to an activating group) is 1. The van der Waals surface area contributed by atoms with E-state index in [-0.39, 0.29) is 17.6 Å². The zero-order valence-electron chi connectivity index (χ0n) is 13.1. The van der Waals surface area contributed by atoms with Crippen LogP contribution >= 0.6 is 0 Å². The molecule has 3 rings (SSSR count). The molecule has 23 heavy (non-hydrogen) atoms. The number of aromatic nitrogens is 1. The van der Waals surface area contributed by atoms with Crippen LogP contribution in [0.5, 0.6) is 0 Å². The number of hydrogen-bond acceptors (Lipinski definition) is 5. The molecule has 1 saturated heterocycles. The molecule has 1 aromatic heterocycles. The van der Waals surface area contributed by atoms with E-state index in [9.17, 15) is 14.9 Å². The topological polar surface area (TPSA) is 79.6 Å². The summed E-state index contributed by atoms with van der Waals surface area (Å²) in [6.45, 7) is 0.787. The van der Waals surface area contributed by atoms with Crippen LogP contribution in [0.3, 0.4) is 0 Å². The first-order valence-electron chi connectivity index (χ1n) is 7.50. The summed E-state index contributed by atoms with van der Waals surface area (Å²) in [5, 5.41) is 11.6. The molecule has 0 bridgehead atoms. The first-order valence-corrected chi connectivity index (χ1v) is 7.50. The second-order valence-electron chi connectivity index (χ2n) is 5.89. The standard InChI is InChI=1S/C16H18N4O3/c1-18(2)16(21)14-4-3-9-19(14)15-8-5-11-10-12(20(22)23)6-7-13(11)17-15/h5-8,10,14H,3-4,9H2,1-2H3. The zero-order chi connectivity index (χ0) is 16.6. The smallest absolute Gasteiger partial charge is 0.270 e. The molecule has 0 aliphatic carbocycles. The van der Waals surface area contributed by atoms with Crippen molar-refractivity contribution in [3.8, 4) is 0 Å². The molecule has 0 spiro atoms. The van der Waals surface area contributed by atoms with Gasteiger partial charge < -0.3 is 9.80 Å². The second kappa shape index (κ2) is 5.83. The van der Waals surface area contributed by atoms with Crippen LogP contribution in [-0.2, 0) is 4.79 Å². The minimum absolute atomic E-state index is 0.0499. The van der Waals surface area contributed by atoms with E-state index in [1.165, 1.54) is 12.1 Å². The maximum absolute atomic E-state index is 12.3. The van der Waals surface area contributed by atoms with Crippen LogP contribution in [0.1, 0.15) is 12.8 Å². The van der Waals surface area contributed by atoms with Crippen molar-refractivity contribution < 1.29 is 9.72 Å². The fourth-order valence-corrected chi connectivity index (χ4v) is 2.97. The van der Waals surface area contributed by atoms with E-state index < -0.39 is 4.92 Å². The summed E-state index contributed by atoms with van der Waals surface area (Å²) in [5.41, 5.74) is 0.741. The Labute approximate surface area is 133 Å². The lowest BCUT2D eigenvalue weighted by atomic mass is 10.1.